The number of hydrogen-bond donors (Lipinski definition) is 0. The molecule has 5 nitrogen and oxygen atoms in total. The van der Waals surface area contributed by atoms with Crippen molar-refractivity contribution >= 4 is 11.8 Å². The minimum Gasteiger partial charge on any atom is -0.379 e. The third-order valence-electron chi connectivity index (χ3n) is 6.28. The van der Waals surface area contributed by atoms with Crippen LogP contribution in [0.15, 0.2) is 70.5 Å². The number of anilines is 1. The molecule has 2 atom stereocenters. The van der Waals surface area contributed by atoms with Gasteiger partial charge in [-0.25, -0.2) is 5.01 Å². The Balaban J connectivity index is 1.64. The standard InChI is InChI=1S/C23H23F3N4O/c24-23(25,26)19-7-4-8-20(16-19)30-22(29-11-13-31-14-12-29)18(9-10-21(22)27-28-30)15-17-5-2-1-3-6-17/h1-8,15-16,21H,9-14H2. The number of benzene rings is 2. The molecular formula is C23H23F3N4O. The summed E-state index contributed by atoms with van der Waals surface area (Å²) in [4.78, 5) is 2.28. The van der Waals surface area contributed by atoms with Crippen LogP contribution < -0.4 is 5.01 Å². The fourth-order valence-electron chi connectivity index (χ4n) is 4.93. The molecule has 2 aliphatic heterocycles. The number of fused-ring (bicyclic) bond motifs is 1. The van der Waals surface area contributed by atoms with Crippen LogP contribution in [0.4, 0.5) is 18.9 Å². The maximum absolute atomic E-state index is 13.4. The number of alkyl halides is 3. The monoisotopic (exact) mass is 428 g/mol. The highest BCUT2D eigenvalue weighted by Crippen LogP contribution is 2.51. The fraction of sp³-hybridized carbons (Fsp3) is 0.391. The fourth-order valence-corrected chi connectivity index (χ4v) is 4.93. The third-order valence-corrected chi connectivity index (χ3v) is 6.28. The van der Waals surface area contributed by atoms with Gasteiger partial charge in [0, 0.05) is 13.1 Å². The highest BCUT2D eigenvalue weighted by atomic mass is 19.4. The van der Waals surface area contributed by atoms with Crippen molar-refractivity contribution in [2.45, 2.75) is 30.7 Å². The Morgan fingerprint density at radius 1 is 1.03 bits per heavy atom. The Hall–Kier alpha value is -2.71. The topological polar surface area (TPSA) is 40.4 Å². The van der Waals surface area contributed by atoms with E-state index >= 15 is 0 Å². The van der Waals surface area contributed by atoms with Crippen molar-refractivity contribution in [2.75, 3.05) is 31.3 Å². The van der Waals surface area contributed by atoms with E-state index in [-0.39, 0.29) is 6.04 Å². The molecule has 162 valence electrons. The molecule has 2 heterocycles. The van der Waals surface area contributed by atoms with Crippen molar-refractivity contribution in [3.8, 4) is 0 Å². The van der Waals surface area contributed by atoms with Crippen LogP contribution >= 0.6 is 0 Å². The summed E-state index contributed by atoms with van der Waals surface area (Å²) in [7, 11) is 0. The average molecular weight is 428 g/mol. The van der Waals surface area contributed by atoms with Gasteiger partial charge in [-0.05, 0) is 42.2 Å². The molecule has 3 aliphatic rings. The molecule has 8 heteroatoms. The van der Waals surface area contributed by atoms with Crippen molar-refractivity contribution in [3.05, 3.63) is 71.3 Å². The quantitative estimate of drug-likeness (QED) is 0.678. The van der Waals surface area contributed by atoms with E-state index in [1.807, 2.05) is 30.3 Å². The van der Waals surface area contributed by atoms with Crippen molar-refractivity contribution in [1.29, 1.82) is 0 Å². The molecule has 31 heavy (non-hydrogen) atoms. The zero-order chi connectivity index (χ0) is 21.5. The Morgan fingerprint density at radius 2 is 1.81 bits per heavy atom. The van der Waals surface area contributed by atoms with Crippen LogP contribution in [0.5, 0.6) is 0 Å². The molecule has 5 rings (SSSR count). The predicted octanol–water partition coefficient (Wildman–Crippen LogP) is 5.17. The summed E-state index contributed by atoms with van der Waals surface area (Å²) >= 11 is 0. The van der Waals surface area contributed by atoms with E-state index < -0.39 is 17.4 Å². The Morgan fingerprint density at radius 3 is 2.55 bits per heavy atom. The normalized spacial score (nSPS) is 27.8. The molecule has 2 unspecified atom stereocenters. The van der Waals surface area contributed by atoms with Crippen LogP contribution in [0.1, 0.15) is 24.0 Å². The van der Waals surface area contributed by atoms with E-state index in [9.17, 15) is 13.2 Å². The van der Waals surface area contributed by atoms with Gasteiger partial charge in [0.15, 0.2) is 5.66 Å². The van der Waals surface area contributed by atoms with Gasteiger partial charge in [-0.3, -0.25) is 4.90 Å². The minimum absolute atomic E-state index is 0.143. The van der Waals surface area contributed by atoms with E-state index in [1.54, 1.807) is 11.1 Å². The molecule has 2 aromatic rings. The number of rotatable bonds is 3. The first kappa shape index (κ1) is 20.2. The van der Waals surface area contributed by atoms with Crippen LogP contribution in [0.3, 0.4) is 0 Å². The minimum atomic E-state index is -4.42. The number of halogens is 3. The van der Waals surface area contributed by atoms with Gasteiger partial charge >= 0.3 is 6.18 Å². The van der Waals surface area contributed by atoms with Gasteiger partial charge in [0.25, 0.3) is 0 Å². The Kier molecular flexibility index (Phi) is 5.06. The van der Waals surface area contributed by atoms with Crippen molar-refractivity contribution in [2.24, 2.45) is 10.3 Å². The second-order valence-corrected chi connectivity index (χ2v) is 8.03. The molecule has 2 aromatic carbocycles. The predicted molar refractivity (Wildman–Crippen MR) is 111 cm³/mol. The first-order valence-corrected chi connectivity index (χ1v) is 10.5. The van der Waals surface area contributed by atoms with Crippen LogP contribution in [-0.4, -0.2) is 42.9 Å². The highest BCUT2D eigenvalue weighted by Gasteiger charge is 2.59. The van der Waals surface area contributed by atoms with Crippen molar-refractivity contribution < 1.29 is 17.9 Å². The molecule has 0 spiro atoms. The zero-order valence-corrected chi connectivity index (χ0v) is 16.9. The van der Waals surface area contributed by atoms with E-state index in [0.29, 0.717) is 32.0 Å². The number of morpholine rings is 1. The third kappa shape index (κ3) is 3.43. The van der Waals surface area contributed by atoms with Gasteiger partial charge in [0.2, 0.25) is 0 Å². The Labute approximate surface area is 178 Å². The molecule has 0 bridgehead atoms. The smallest absolute Gasteiger partial charge is 0.379 e. The lowest BCUT2D eigenvalue weighted by Crippen LogP contribution is -2.64. The first-order valence-electron chi connectivity index (χ1n) is 10.5. The Bertz CT molecular complexity index is 1000. The molecule has 2 fully saturated rings. The lowest BCUT2D eigenvalue weighted by atomic mass is 9.93. The largest absolute Gasteiger partial charge is 0.416 e. The van der Waals surface area contributed by atoms with E-state index in [4.69, 9.17) is 4.74 Å². The SMILES string of the molecule is FC(F)(F)c1cccc(N2N=NC3CCC(=Cc4ccccc4)C32N2CCOCC2)c1. The summed E-state index contributed by atoms with van der Waals surface area (Å²) in [6.45, 7) is 2.49. The summed E-state index contributed by atoms with van der Waals surface area (Å²) in [5.74, 6) is 0. The second kappa shape index (κ2) is 7.76. The molecule has 0 aromatic heterocycles. The summed E-state index contributed by atoms with van der Waals surface area (Å²) in [5, 5.41) is 10.7. The summed E-state index contributed by atoms with van der Waals surface area (Å²) < 4.78 is 45.9. The van der Waals surface area contributed by atoms with E-state index in [0.717, 1.165) is 30.0 Å². The molecule has 0 amide bonds. The molecule has 1 saturated heterocycles. The van der Waals surface area contributed by atoms with Gasteiger partial charge < -0.3 is 4.74 Å². The number of hydrogen-bond acceptors (Lipinski definition) is 5. The van der Waals surface area contributed by atoms with Crippen molar-refractivity contribution in [1.82, 2.24) is 4.90 Å². The first-order chi connectivity index (χ1) is 15.0. The lowest BCUT2D eigenvalue weighted by Gasteiger charge is -2.47. The number of ether oxygens (including phenoxy) is 1. The van der Waals surface area contributed by atoms with E-state index in [1.165, 1.54) is 12.1 Å². The van der Waals surface area contributed by atoms with Gasteiger partial charge in [-0.1, -0.05) is 47.7 Å². The second-order valence-electron chi connectivity index (χ2n) is 8.03. The van der Waals surface area contributed by atoms with Crippen molar-refractivity contribution in [3.63, 3.8) is 0 Å². The van der Waals surface area contributed by atoms with Gasteiger partial charge in [0.1, 0.15) is 6.04 Å². The molecule has 1 aliphatic carbocycles. The lowest BCUT2D eigenvalue weighted by molar-refractivity contribution is -0.137. The maximum atomic E-state index is 13.4. The van der Waals surface area contributed by atoms with E-state index in [2.05, 4.69) is 21.3 Å². The highest BCUT2D eigenvalue weighted by molar-refractivity contribution is 5.63. The van der Waals surface area contributed by atoms with Crippen LogP contribution in [0.2, 0.25) is 0 Å². The van der Waals surface area contributed by atoms with Crippen LogP contribution in [0.25, 0.3) is 6.08 Å². The maximum Gasteiger partial charge on any atom is 0.416 e. The molecule has 0 N–H and O–H groups in total. The summed E-state index contributed by atoms with van der Waals surface area (Å²) in [6, 6.07) is 15.2. The van der Waals surface area contributed by atoms with Gasteiger partial charge in [-0.15, -0.1) is 0 Å². The summed E-state index contributed by atoms with van der Waals surface area (Å²) in [6.07, 6.45) is -0.663. The van der Waals surface area contributed by atoms with Gasteiger partial charge in [0.05, 0.1) is 24.5 Å². The average Bonchev–Trinajstić information content (AvgIpc) is 3.33. The van der Waals surface area contributed by atoms with Crippen LogP contribution in [0, 0.1) is 0 Å². The molecular weight excluding hydrogens is 405 g/mol. The zero-order valence-electron chi connectivity index (χ0n) is 16.9. The molecule has 0 radical (unpaired) electrons. The number of nitrogens with zero attached hydrogens (tertiary/aromatic N) is 4. The van der Waals surface area contributed by atoms with Crippen LogP contribution in [-0.2, 0) is 10.9 Å². The van der Waals surface area contributed by atoms with Gasteiger partial charge in [-0.2, -0.15) is 18.3 Å². The summed E-state index contributed by atoms with van der Waals surface area (Å²) in [5.41, 5.74) is 1.17. The molecule has 1 saturated carbocycles.